The number of carbonyl (C=O) groups excluding carboxylic acids is 1. The van der Waals surface area contributed by atoms with E-state index in [1.807, 2.05) is 0 Å². The molecule has 0 saturated heterocycles. The van der Waals surface area contributed by atoms with E-state index in [-0.39, 0.29) is 5.69 Å². The van der Waals surface area contributed by atoms with Gasteiger partial charge in [0.15, 0.2) is 5.82 Å². The number of rotatable bonds is 2. The van der Waals surface area contributed by atoms with Crippen molar-refractivity contribution in [2.24, 2.45) is 0 Å². The van der Waals surface area contributed by atoms with E-state index in [4.69, 9.17) is 5.73 Å². The maximum atomic E-state index is 13.7. The van der Waals surface area contributed by atoms with Crippen LogP contribution in [0.25, 0.3) is 0 Å². The van der Waals surface area contributed by atoms with Crippen molar-refractivity contribution in [3.05, 3.63) is 56.5 Å². The zero-order chi connectivity index (χ0) is 14.9. The Morgan fingerprint density at radius 2 is 1.85 bits per heavy atom. The van der Waals surface area contributed by atoms with Gasteiger partial charge in [0.1, 0.15) is 11.4 Å². The summed E-state index contributed by atoms with van der Waals surface area (Å²) >= 11 is 6.50. The number of benzene rings is 2. The zero-order valence-electron chi connectivity index (χ0n) is 9.88. The molecule has 0 fully saturated rings. The highest BCUT2D eigenvalue weighted by atomic mass is 79.9. The van der Waals surface area contributed by atoms with E-state index in [0.29, 0.717) is 10.2 Å². The second-order valence-corrected chi connectivity index (χ2v) is 5.67. The Kier molecular flexibility index (Phi) is 4.39. The molecule has 1 amide bonds. The molecule has 0 aliphatic heterocycles. The second kappa shape index (κ2) is 5.88. The molecule has 3 N–H and O–H groups in total. The van der Waals surface area contributed by atoms with Gasteiger partial charge in [-0.1, -0.05) is 15.9 Å². The van der Waals surface area contributed by atoms with Crippen LogP contribution < -0.4 is 11.1 Å². The molecule has 0 bridgehead atoms. The summed E-state index contributed by atoms with van der Waals surface area (Å²) in [5.74, 6) is -2.95. The Morgan fingerprint density at radius 1 is 1.15 bits per heavy atom. The summed E-state index contributed by atoms with van der Waals surface area (Å²) in [6, 6.07) is 6.99. The third kappa shape index (κ3) is 2.99. The Balaban J connectivity index is 2.36. The normalized spacial score (nSPS) is 10.4. The van der Waals surface area contributed by atoms with E-state index in [0.717, 1.165) is 16.6 Å². The van der Waals surface area contributed by atoms with E-state index >= 15 is 0 Å². The highest BCUT2D eigenvalue weighted by Gasteiger charge is 2.20. The van der Waals surface area contributed by atoms with Crippen LogP contribution in [-0.2, 0) is 0 Å². The van der Waals surface area contributed by atoms with Gasteiger partial charge in [-0.3, -0.25) is 4.79 Å². The zero-order valence-corrected chi connectivity index (χ0v) is 13.1. The minimum Gasteiger partial charge on any atom is -0.396 e. The number of nitrogens with two attached hydrogens (primary N) is 1. The SMILES string of the molecule is Nc1ccc(F)c(C(=O)Nc2ccc(Br)cc2Br)c1F. The molecule has 2 aromatic carbocycles. The lowest BCUT2D eigenvalue weighted by Crippen LogP contribution is -2.17. The molecule has 0 unspecified atom stereocenters. The summed E-state index contributed by atoms with van der Waals surface area (Å²) in [6.45, 7) is 0. The molecule has 20 heavy (non-hydrogen) atoms. The highest BCUT2D eigenvalue weighted by Crippen LogP contribution is 2.27. The maximum absolute atomic E-state index is 13.7. The lowest BCUT2D eigenvalue weighted by Gasteiger charge is -2.10. The first-order chi connectivity index (χ1) is 9.40. The molecule has 0 aromatic heterocycles. The van der Waals surface area contributed by atoms with E-state index in [1.54, 1.807) is 18.2 Å². The highest BCUT2D eigenvalue weighted by molar-refractivity contribution is 9.11. The van der Waals surface area contributed by atoms with Crippen LogP contribution in [0, 0.1) is 11.6 Å². The summed E-state index contributed by atoms with van der Waals surface area (Å²) < 4.78 is 28.7. The maximum Gasteiger partial charge on any atom is 0.261 e. The van der Waals surface area contributed by atoms with Gasteiger partial charge >= 0.3 is 0 Å². The minimum atomic E-state index is -1.07. The van der Waals surface area contributed by atoms with Crippen molar-refractivity contribution in [3.63, 3.8) is 0 Å². The van der Waals surface area contributed by atoms with E-state index in [9.17, 15) is 13.6 Å². The lowest BCUT2D eigenvalue weighted by atomic mass is 10.1. The Bertz CT molecular complexity index is 692. The van der Waals surface area contributed by atoms with Gasteiger partial charge in [-0.05, 0) is 46.3 Å². The first-order valence-corrected chi connectivity index (χ1v) is 6.98. The van der Waals surface area contributed by atoms with E-state index in [2.05, 4.69) is 37.2 Å². The van der Waals surface area contributed by atoms with Crippen molar-refractivity contribution in [3.8, 4) is 0 Å². The van der Waals surface area contributed by atoms with Gasteiger partial charge in [-0.15, -0.1) is 0 Å². The fourth-order valence-corrected chi connectivity index (χ4v) is 2.70. The second-order valence-electron chi connectivity index (χ2n) is 3.90. The summed E-state index contributed by atoms with van der Waals surface area (Å²) in [5, 5.41) is 2.42. The van der Waals surface area contributed by atoms with Crippen LogP contribution in [-0.4, -0.2) is 5.91 Å². The van der Waals surface area contributed by atoms with Gasteiger partial charge in [-0.25, -0.2) is 8.78 Å². The first kappa shape index (κ1) is 14.9. The largest absolute Gasteiger partial charge is 0.396 e. The Labute approximate surface area is 130 Å². The van der Waals surface area contributed by atoms with Crippen LogP contribution >= 0.6 is 31.9 Å². The molecule has 2 aromatic rings. The van der Waals surface area contributed by atoms with Crippen LogP contribution in [0.15, 0.2) is 39.3 Å². The average Bonchev–Trinajstić information content (AvgIpc) is 2.38. The van der Waals surface area contributed by atoms with Crippen molar-refractivity contribution in [2.45, 2.75) is 0 Å². The molecule has 0 radical (unpaired) electrons. The molecule has 0 aliphatic carbocycles. The van der Waals surface area contributed by atoms with Crippen molar-refractivity contribution in [2.75, 3.05) is 11.1 Å². The van der Waals surface area contributed by atoms with Crippen molar-refractivity contribution < 1.29 is 13.6 Å². The Hall–Kier alpha value is -1.47. The average molecular weight is 406 g/mol. The van der Waals surface area contributed by atoms with Gasteiger partial charge in [0.05, 0.1) is 11.4 Å². The number of nitrogens with one attached hydrogen (secondary N) is 1. The number of anilines is 2. The monoisotopic (exact) mass is 404 g/mol. The molecule has 0 atom stereocenters. The van der Waals surface area contributed by atoms with Gasteiger partial charge in [0.25, 0.3) is 5.91 Å². The third-order valence-electron chi connectivity index (χ3n) is 2.53. The fourth-order valence-electron chi connectivity index (χ4n) is 1.55. The molecule has 0 spiro atoms. The topological polar surface area (TPSA) is 55.1 Å². The predicted octanol–water partition coefficient (Wildman–Crippen LogP) is 4.32. The molecule has 7 heteroatoms. The molecule has 0 heterocycles. The van der Waals surface area contributed by atoms with Crippen molar-refractivity contribution in [1.82, 2.24) is 0 Å². The van der Waals surface area contributed by atoms with Crippen LogP contribution in [0.2, 0.25) is 0 Å². The number of carbonyl (C=O) groups is 1. The molecule has 2 rings (SSSR count). The molecule has 0 saturated carbocycles. The predicted molar refractivity (Wildman–Crippen MR) is 80.6 cm³/mol. The molecular formula is C13H8Br2F2N2O. The third-order valence-corrected chi connectivity index (χ3v) is 3.68. The van der Waals surface area contributed by atoms with Gasteiger partial charge in [0.2, 0.25) is 0 Å². The Morgan fingerprint density at radius 3 is 2.50 bits per heavy atom. The van der Waals surface area contributed by atoms with Gasteiger partial charge < -0.3 is 11.1 Å². The summed E-state index contributed by atoms with van der Waals surface area (Å²) in [6.07, 6.45) is 0. The number of halogens is 4. The molecule has 0 aliphatic rings. The van der Waals surface area contributed by atoms with Crippen LogP contribution in [0.3, 0.4) is 0 Å². The summed E-state index contributed by atoms with van der Waals surface area (Å²) in [7, 11) is 0. The smallest absolute Gasteiger partial charge is 0.261 e. The molecule has 3 nitrogen and oxygen atoms in total. The van der Waals surface area contributed by atoms with Crippen LogP contribution in [0.4, 0.5) is 20.2 Å². The number of hydrogen-bond donors (Lipinski definition) is 2. The summed E-state index contributed by atoms with van der Waals surface area (Å²) in [5.41, 5.74) is 4.73. The standard InChI is InChI=1S/C13H8Br2F2N2O/c14-6-1-4-10(7(15)5-6)19-13(20)11-8(16)2-3-9(18)12(11)17/h1-5H,18H2,(H,19,20). The quantitative estimate of drug-likeness (QED) is 0.731. The first-order valence-electron chi connectivity index (χ1n) is 5.40. The number of amides is 1. The van der Waals surface area contributed by atoms with Crippen LogP contribution in [0.5, 0.6) is 0 Å². The molecule has 104 valence electrons. The van der Waals surface area contributed by atoms with Crippen molar-refractivity contribution >= 4 is 49.1 Å². The summed E-state index contributed by atoms with van der Waals surface area (Å²) in [4.78, 5) is 12.0. The number of nitrogen functional groups attached to an aromatic ring is 1. The molecular weight excluding hydrogens is 398 g/mol. The van der Waals surface area contributed by atoms with Gasteiger partial charge in [-0.2, -0.15) is 0 Å². The lowest BCUT2D eigenvalue weighted by molar-refractivity contribution is 0.101. The van der Waals surface area contributed by atoms with Gasteiger partial charge in [0, 0.05) is 8.95 Å². The number of hydrogen-bond acceptors (Lipinski definition) is 2. The van der Waals surface area contributed by atoms with Crippen molar-refractivity contribution in [1.29, 1.82) is 0 Å². The van der Waals surface area contributed by atoms with E-state index < -0.39 is 23.1 Å². The minimum absolute atomic E-state index is 0.286. The van der Waals surface area contributed by atoms with E-state index in [1.165, 1.54) is 0 Å². The van der Waals surface area contributed by atoms with Crippen LogP contribution in [0.1, 0.15) is 10.4 Å². The fraction of sp³-hybridized carbons (Fsp3) is 0.